The third-order valence-electron chi connectivity index (χ3n) is 4.67. The first kappa shape index (κ1) is 17.8. The second-order valence-electron chi connectivity index (χ2n) is 6.31. The molecule has 2 aromatic carbocycles. The molecular weight excluding hydrogens is 336 g/mol. The number of ether oxygens (including phenoxy) is 1. The summed E-state index contributed by atoms with van der Waals surface area (Å²) in [6.45, 7) is 6.08. The van der Waals surface area contributed by atoms with E-state index in [2.05, 4.69) is 17.0 Å². The van der Waals surface area contributed by atoms with Crippen LogP contribution in [0.4, 0.5) is 5.69 Å². The van der Waals surface area contributed by atoms with Crippen molar-refractivity contribution in [1.82, 2.24) is 4.31 Å². The van der Waals surface area contributed by atoms with Crippen LogP contribution >= 0.6 is 0 Å². The van der Waals surface area contributed by atoms with Crippen molar-refractivity contribution in [2.24, 2.45) is 0 Å². The summed E-state index contributed by atoms with van der Waals surface area (Å²) in [5.41, 5.74) is 2.82. The summed E-state index contributed by atoms with van der Waals surface area (Å²) in [6, 6.07) is 13.6. The highest BCUT2D eigenvalue weighted by atomic mass is 32.2. The van der Waals surface area contributed by atoms with Gasteiger partial charge < -0.3 is 9.64 Å². The van der Waals surface area contributed by atoms with Crippen molar-refractivity contribution in [3.63, 3.8) is 0 Å². The molecule has 3 rings (SSSR count). The molecule has 2 aromatic rings. The van der Waals surface area contributed by atoms with E-state index in [4.69, 9.17) is 4.74 Å². The van der Waals surface area contributed by atoms with E-state index in [1.165, 1.54) is 0 Å². The molecule has 0 atom stereocenters. The number of piperazine rings is 1. The van der Waals surface area contributed by atoms with Crippen molar-refractivity contribution in [2.75, 3.05) is 38.2 Å². The molecule has 6 heteroatoms. The smallest absolute Gasteiger partial charge is 0.243 e. The lowest BCUT2D eigenvalue weighted by Gasteiger charge is -2.35. The lowest BCUT2D eigenvalue weighted by molar-refractivity contribution is 0.383. The molecule has 0 N–H and O–H groups in total. The van der Waals surface area contributed by atoms with Crippen LogP contribution in [0, 0.1) is 13.8 Å². The first-order chi connectivity index (χ1) is 11.9. The lowest BCUT2D eigenvalue weighted by atomic mass is 10.1. The molecule has 1 saturated heterocycles. The Labute approximate surface area is 149 Å². The number of sulfonamides is 1. The van der Waals surface area contributed by atoms with Gasteiger partial charge in [-0.1, -0.05) is 24.3 Å². The molecule has 0 aromatic heterocycles. The van der Waals surface area contributed by atoms with Gasteiger partial charge in [0, 0.05) is 37.9 Å². The predicted molar refractivity (Wildman–Crippen MR) is 99.9 cm³/mol. The average Bonchev–Trinajstić information content (AvgIpc) is 2.62. The molecule has 5 nitrogen and oxygen atoms in total. The van der Waals surface area contributed by atoms with Crippen molar-refractivity contribution >= 4 is 15.7 Å². The summed E-state index contributed by atoms with van der Waals surface area (Å²) < 4.78 is 33.0. The van der Waals surface area contributed by atoms with Gasteiger partial charge >= 0.3 is 0 Å². The Bertz CT molecular complexity index is 842. The van der Waals surface area contributed by atoms with Crippen molar-refractivity contribution in [1.29, 1.82) is 0 Å². The van der Waals surface area contributed by atoms with Gasteiger partial charge in [0.15, 0.2) is 0 Å². The molecule has 0 amide bonds. The molecule has 0 unspecified atom stereocenters. The molecule has 25 heavy (non-hydrogen) atoms. The summed E-state index contributed by atoms with van der Waals surface area (Å²) in [5, 5.41) is 0. The largest absolute Gasteiger partial charge is 0.496 e. The summed E-state index contributed by atoms with van der Waals surface area (Å²) >= 11 is 0. The normalized spacial score (nSPS) is 16.0. The Morgan fingerprint density at radius 1 is 0.920 bits per heavy atom. The number of benzene rings is 2. The minimum absolute atomic E-state index is 0.336. The van der Waals surface area contributed by atoms with E-state index in [1.807, 2.05) is 38.1 Å². The highest BCUT2D eigenvalue weighted by molar-refractivity contribution is 7.89. The lowest BCUT2D eigenvalue weighted by Crippen LogP contribution is -2.48. The fourth-order valence-electron chi connectivity index (χ4n) is 3.28. The molecule has 1 aliphatic heterocycles. The molecule has 0 spiro atoms. The van der Waals surface area contributed by atoms with E-state index >= 15 is 0 Å². The number of methoxy groups -OCH3 is 1. The van der Waals surface area contributed by atoms with Gasteiger partial charge in [0.1, 0.15) is 5.75 Å². The first-order valence-electron chi connectivity index (χ1n) is 8.39. The van der Waals surface area contributed by atoms with Gasteiger partial charge in [-0.3, -0.25) is 0 Å². The monoisotopic (exact) mass is 360 g/mol. The number of para-hydroxylation sites is 1. The van der Waals surface area contributed by atoms with Crippen LogP contribution in [-0.2, 0) is 10.0 Å². The maximum Gasteiger partial charge on any atom is 0.243 e. The highest BCUT2D eigenvalue weighted by Gasteiger charge is 2.30. The maximum absolute atomic E-state index is 13.1. The van der Waals surface area contributed by atoms with E-state index in [0.717, 1.165) is 16.8 Å². The van der Waals surface area contributed by atoms with Crippen LogP contribution in [0.15, 0.2) is 47.4 Å². The van der Waals surface area contributed by atoms with Crippen molar-refractivity contribution < 1.29 is 13.2 Å². The third kappa shape index (κ3) is 3.50. The van der Waals surface area contributed by atoms with Crippen LogP contribution in [0.1, 0.15) is 11.1 Å². The Hall–Kier alpha value is -2.05. The molecule has 1 aliphatic rings. The SMILES string of the molecule is COc1cc(S(=O)(=O)N2CCN(c3ccccc3)CC2)c(C)cc1C. The molecule has 0 aliphatic carbocycles. The van der Waals surface area contributed by atoms with E-state index in [-0.39, 0.29) is 0 Å². The highest BCUT2D eigenvalue weighted by Crippen LogP contribution is 2.29. The Balaban J connectivity index is 1.81. The summed E-state index contributed by atoms with van der Waals surface area (Å²) in [6.07, 6.45) is 0. The first-order valence-corrected chi connectivity index (χ1v) is 9.83. The second kappa shape index (κ2) is 7.06. The quantitative estimate of drug-likeness (QED) is 0.841. The number of anilines is 1. The average molecular weight is 360 g/mol. The zero-order chi connectivity index (χ0) is 18.0. The van der Waals surface area contributed by atoms with E-state index in [9.17, 15) is 8.42 Å². The van der Waals surface area contributed by atoms with E-state index in [0.29, 0.717) is 36.8 Å². The van der Waals surface area contributed by atoms with Crippen molar-refractivity contribution in [2.45, 2.75) is 18.7 Å². The molecule has 134 valence electrons. The zero-order valence-electron chi connectivity index (χ0n) is 14.9. The van der Waals surface area contributed by atoms with Crippen LogP contribution in [0.5, 0.6) is 5.75 Å². The summed E-state index contributed by atoms with van der Waals surface area (Å²) in [5.74, 6) is 0.604. The van der Waals surface area contributed by atoms with Gasteiger partial charge in [-0.2, -0.15) is 4.31 Å². The molecule has 0 bridgehead atoms. The van der Waals surface area contributed by atoms with E-state index < -0.39 is 10.0 Å². The van der Waals surface area contributed by atoms with Crippen LogP contribution in [0.25, 0.3) is 0 Å². The molecular formula is C19H24N2O3S. The Morgan fingerprint density at radius 2 is 1.56 bits per heavy atom. The van der Waals surface area contributed by atoms with Gasteiger partial charge in [0.2, 0.25) is 10.0 Å². The van der Waals surface area contributed by atoms with Gasteiger partial charge in [-0.05, 0) is 37.1 Å². The summed E-state index contributed by atoms with van der Waals surface area (Å²) in [4.78, 5) is 2.55. The second-order valence-corrected chi connectivity index (χ2v) is 8.22. The summed E-state index contributed by atoms with van der Waals surface area (Å²) in [7, 11) is -1.96. The number of rotatable bonds is 4. The van der Waals surface area contributed by atoms with Crippen LogP contribution in [0.2, 0.25) is 0 Å². The van der Waals surface area contributed by atoms with Gasteiger partial charge in [0.05, 0.1) is 12.0 Å². The number of hydrogen-bond acceptors (Lipinski definition) is 4. The van der Waals surface area contributed by atoms with Crippen molar-refractivity contribution in [3.8, 4) is 5.75 Å². The van der Waals surface area contributed by atoms with Crippen molar-refractivity contribution in [3.05, 3.63) is 53.6 Å². The van der Waals surface area contributed by atoms with Crippen LogP contribution in [-0.4, -0.2) is 46.0 Å². The van der Waals surface area contributed by atoms with Gasteiger partial charge in [-0.25, -0.2) is 8.42 Å². The topological polar surface area (TPSA) is 49.9 Å². The van der Waals surface area contributed by atoms with Crippen LogP contribution < -0.4 is 9.64 Å². The molecule has 1 fully saturated rings. The van der Waals surface area contributed by atoms with Gasteiger partial charge in [-0.15, -0.1) is 0 Å². The number of hydrogen-bond donors (Lipinski definition) is 0. The fraction of sp³-hybridized carbons (Fsp3) is 0.368. The number of nitrogens with zero attached hydrogens (tertiary/aromatic N) is 2. The molecule has 0 radical (unpaired) electrons. The van der Waals surface area contributed by atoms with Gasteiger partial charge in [0.25, 0.3) is 0 Å². The Kier molecular flexibility index (Phi) is 5.01. The zero-order valence-corrected chi connectivity index (χ0v) is 15.7. The molecule has 0 saturated carbocycles. The predicted octanol–water partition coefficient (Wildman–Crippen LogP) is 2.82. The minimum atomic E-state index is -3.52. The Morgan fingerprint density at radius 3 is 2.16 bits per heavy atom. The molecule has 1 heterocycles. The standard InChI is InChI=1S/C19H24N2O3S/c1-15-13-16(2)19(14-18(15)24-3)25(22,23)21-11-9-20(10-12-21)17-7-5-4-6-8-17/h4-8,13-14H,9-12H2,1-3H3. The van der Waals surface area contributed by atoms with E-state index in [1.54, 1.807) is 17.5 Å². The fourth-order valence-corrected chi connectivity index (χ4v) is 4.92. The van der Waals surface area contributed by atoms with Crippen LogP contribution in [0.3, 0.4) is 0 Å². The number of aryl methyl sites for hydroxylation is 2. The third-order valence-corrected chi connectivity index (χ3v) is 6.71. The maximum atomic E-state index is 13.1. The minimum Gasteiger partial charge on any atom is -0.496 e.